The Kier molecular flexibility index (Phi) is 6.82. The number of hydrogen-bond acceptors (Lipinski definition) is 7. The molecule has 4 aromatic rings. The van der Waals surface area contributed by atoms with Crippen molar-refractivity contribution in [2.24, 2.45) is 5.92 Å². The molecule has 1 aromatic carbocycles. The maximum Gasteiger partial charge on any atom is 0.416 e. The van der Waals surface area contributed by atoms with E-state index >= 15 is 0 Å². The molecule has 3 aromatic heterocycles. The van der Waals surface area contributed by atoms with Gasteiger partial charge in [0.05, 0.1) is 28.0 Å². The Morgan fingerprint density at radius 1 is 1.16 bits per heavy atom. The number of aromatic nitrogens is 3. The van der Waals surface area contributed by atoms with Gasteiger partial charge in [0.25, 0.3) is 5.91 Å². The van der Waals surface area contributed by atoms with Gasteiger partial charge >= 0.3 is 6.18 Å². The van der Waals surface area contributed by atoms with E-state index in [-0.39, 0.29) is 54.6 Å². The number of carbonyl (C=O) groups is 2. The molecule has 0 radical (unpaired) electrons. The zero-order valence-electron chi connectivity index (χ0n) is 20.0. The molecule has 5 rings (SSSR count). The number of alkyl halides is 3. The number of nitrogens with one attached hydrogen (secondary N) is 1. The standard InChI is InChI=1S/C26H21F4N5O2S/c1-14(17-9-19(27)11-31-10-17)32-25-33-20-5-6-38-23(20)22(34-25)24(37)35-12-15(13-35)7-21(36)16-3-2-4-18(8-16)26(28,29)30/h2-6,8-11,14-15H,7,12-13H2,1H3,(H,32,33,34)/t14-/m0/s1. The number of fused-ring (bicyclic) bond motifs is 1. The molecule has 0 spiro atoms. The van der Waals surface area contributed by atoms with Crippen LogP contribution in [-0.2, 0) is 6.18 Å². The first-order chi connectivity index (χ1) is 18.1. The van der Waals surface area contributed by atoms with Crippen LogP contribution in [-0.4, -0.2) is 44.6 Å². The lowest BCUT2D eigenvalue weighted by Crippen LogP contribution is -2.50. The van der Waals surface area contributed by atoms with Gasteiger partial charge in [0.1, 0.15) is 5.82 Å². The van der Waals surface area contributed by atoms with Crippen molar-refractivity contribution in [1.29, 1.82) is 0 Å². The number of nitrogens with zero attached hydrogens (tertiary/aromatic N) is 4. The molecule has 0 aliphatic carbocycles. The predicted octanol–water partition coefficient (Wildman–Crippen LogP) is 5.76. The normalized spacial score (nSPS) is 14.8. The smallest absolute Gasteiger partial charge is 0.348 e. The van der Waals surface area contributed by atoms with Gasteiger partial charge in [-0.25, -0.2) is 14.4 Å². The van der Waals surface area contributed by atoms with Gasteiger partial charge in [-0.1, -0.05) is 12.1 Å². The zero-order chi connectivity index (χ0) is 27.0. The SMILES string of the molecule is C[C@H](Nc1nc(C(=O)N2CC(CC(=O)c3cccc(C(F)(F)F)c3)C2)c2sccc2n1)c1cncc(F)c1. The van der Waals surface area contributed by atoms with Crippen molar-refractivity contribution in [2.45, 2.75) is 25.6 Å². The number of thiophene rings is 1. The minimum atomic E-state index is -4.53. The Hall–Kier alpha value is -3.93. The Morgan fingerprint density at radius 3 is 2.68 bits per heavy atom. The summed E-state index contributed by atoms with van der Waals surface area (Å²) in [6.45, 7) is 2.36. The maximum absolute atomic E-state index is 13.6. The summed E-state index contributed by atoms with van der Waals surface area (Å²) < 4.78 is 53.1. The van der Waals surface area contributed by atoms with E-state index < -0.39 is 23.3 Å². The van der Waals surface area contributed by atoms with E-state index in [1.54, 1.807) is 23.3 Å². The molecule has 38 heavy (non-hydrogen) atoms. The van der Waals surface area contributed by atoms with Crippen LogP contribution in [0.1, 0.15) is 51.4 Å². The highest BCUT2D eigenvalue weighted by Gasteiger charge is 2.35. The average Bonchev–Trinajstić information content (AvgIpc) is 3.33. The number of pyridine rings is 1. The number of Topliss-reactive ketones (excluding diaryl/α,β-unsaturated/α-hetero) is 1. The molecular weight excluding hydrogens is 522 g/mol. The van der Waals surface area contributed by atoms with Crippen molar-refractivity contribution in [3.05, 3.63) is 82.4 Å². The number of amides is 1. The number of benzene rings is 1. The van der Waals surface area contributed by atoms with Gasteiger partial charge in [0, 0.05) is 37.2 Å². The largest absolute Gasteiger partial charge is 0.416 e. The molecular formula is C26H21F4N5O2S. The molecule has 4 heterocycles. The first-order valence-corrected chi connectivity index (χ1v) is 12.6. The molecule has 1 fully saturated rings. The molecule has 0 saturated carbocycles. The molecule has 1 aliphatic heterocycles. The quantitative estimate of drug-likeness (QED) is 0.236. The van der Waals surface area contributed by atoms with Crippen molar-refractivity contribution in [3.63, 3.8) is 0 Å². The Labute approximate surface area is 218 Å². The second kappa shape index (κ2) is 10.1. The zero-order valence-corrected chi connectivity index (χ0v) is 20.8. The predicted molar refractivity (Wildman–Crippen MR) is 133 cm³/mol. The van der Waals surface area contributed by atoms with Gasteiger partial charge in [-0.2, -0.15) is 13.2 Å². The van der Waals surface area contributed by atoms with Gasteiger partial charge in [0.15, 0.2) is 11.5 Å². The van der Waals surface area contributed by atoms with Crippen LogP contribution >= 0.6 is 11.3 Å². The third-order valence-corrected chi connectivity index (χ3v) is 7.22. The van der Waals surface area contributed by atoms with Crippen LogP contribution < -0.4 is 5.32 Å². The highest BCUT2D eigenvalue weighted by atomic mass is 32.1. The fraction of sp³-hybridized carbons (Fsp3) is 0.269. The fourth-order valence-corrected chi connectivity index (χ4v) is 5.09. The lowest BCUT2D eigenvalue weighted by molar-refractivity contribution is -0.137. The number of rotatable bonds is 7. The molecule has 1 N–H and O–H groups in total. The van der Waals surface area contributed by atoms with Crippen LogP contribution in [0.3, 0.4) is 0 Å². The van der Waals surface area contributed by atoms with Crippen LogP contribution in [0, 0.1) is 11.7 Å². The summed E-state index contributed by atoms with van der Waals surface area (Å²) in [5.41, 5.74) is 0.503. The van der Waals surface area contributed by atoms with E-state index in [1.165, 1.54) is 35.7 Å². The van der Waals surface area contributed by atoms with Crippen LogP contribution in [0.5, 0.6) is 0 Å². The van der Waals surface area contributed by atoms with Crippen LogP contribution in [0.2, 0.25) is 0 Å². The van der Waals surface area contributed by atoms with Crippen LogP contribution in [0.4, 0.5) is 23.5 Å². The summed E-state index contributed by atoms with van der Waals surface area (Å²) >= 11 is 1.33. The van der Waals surface area contributed by atoms with Crippen molar-refractivity contribution in [1.82, 2.24) is 19.9 Å². The van der Waals surface area contributed by atoms with E-state index in [9.17, 15) is 27.2 Å². The number of hydrogen-bond donors (Lipinski definition) is 1. The van der Waals surface area contributed by atoms with E-state index in [0.29, 0.717) is 15.8 Å². The number of halogens is 4. The lowest BCUT2D eigenvalue weighted by atomic mass is 9.91. The maximum atomic E-state index is 13.6. The second-order valence-electron chi connectivity index (χ2n) is 9.12. The molecule has 196 valence electrons. The van der Waals surface area contributed by atoms with Crippen LogP contribution in [0.15, 0.2) is 54.2 Å². The summed E-state index contributed by atoms with van der Waals surface area (Å²) in [4.78, 5) is 40.2. The molecule has 0 bridgehead atoms. The summed E-state index contributed by atoms with van der Waals surface area (Å²) in [5.74, 6) is -1.17. The highest BCUT2D eigenvalue weighted by molar-refractivity contribution is 7.17. The fourth-order valence-electron chi connectivity index (χ4n) is 4.28. The molecule has 1 saturated heterocycles. The Morgan fingerprint density at radius 2 is 1.95 bits per heavy atom. The monoisotopic (exact) mass is 543 g/mol. The first-order valence-electron chi connectivity index (χ1n) is 11.7. The lowest BCUT2D eigenvalue weighted by Gasteiger charge is -2.38. The Balaban J connectivity index is 1.26. The topological polar surface area (TPSA) is 88.1 Å². The summed E-state index contributed by atoms with van der Waals surface area (Å²) in [6.07, 6.45) is -1.86. The summed E-state index contributed by atoms with van der Waals surface area (Å²) in [7, 11) is 0. The first kappa shape index (κ1) is 25.7. The average molecular weight is 544 g/mol. The molecule has 0 unspecified atom stereocenters. The molecule has 1 atom stereocenters. The minimum Gasteiger partial charge on any atom is -0.348 e. The summed E-state index contributed by atoms with van der Waals surface area (Å²) in [6, 6.07) is 7.09. The van der Waals surface area contributed by atoms with Crippen molar-refractivity contribution < 1.29 is 27.2 Å². The molecule has 7 nitrogen and oxygen atoms in total. The van der Waals surface area contributed by atoms with Gasteiger partial charge < -0.3 is 10.2 Å². The number of likely N-dealkylation sites (tertiary alicyclic amines) is 1. The minimum absolute atomic E-state index is 0.000899. The second-order valence-corrected chi connectivity index (χ2v) is 10.0. The number of ketones is 1. The van der Waals surface area contributed by atoms with Gasteiger partial charge in [0.2, 0.25) is 5.95 Å². The van der Waals surface area contributed by atoms with Crippen molar-refractivity contribution in [3.8, 4) is 0 Å². The Bertz CT molecular complexity index is 1520. The molecule has 1 amide bonds. The van der Waals surface area contributed by atoms with E-state index in [2.05, 4.69) is 20.3 Å². The highest BCUT2D eigenvalue weighted by Crippen LogP contribution is 2.32. The third-order valence-electron chi connectivity index (χ3n) is 6.31. The van der Waals surface area contributed by atoms with Crippen molar-refractivity contribution in [2.75, 3.05) is 18.4 Å². The van der Waals surface area contributed by atoms with Gasteiger partial charge in [-0.15, -0.1) is 11.3 Å². The van der Waals surface area contributed by atoms with Crippen LogP contribution in [0.25, 0.3) is 10.2 Å². The molecule has 1 aliphatic rings. The third kappa shape index (κ3) is 5.35. The van der Waals surface area contributed by atoms with E-state index in [4.69, 9.17) is 0 Å². The van der Waals surface area contributed by atoms with E-state index in [0.717, 1.165) is 18.3 Å². The van der Waals surface area contributed by atoms with E-state index in [1.807, 2.05) is 0 Å². The van der Waals surface area contributed by atoms with Gasteiger partial charge in [-0.3, -0.25) is 14.6 Å². The van der Waals surface area contributed by atoms with Crippen molar-refractivity contribution >= 4 is 39.2 Å². The summed E-state index contributed by atoms with van der Waals surface area (Å²) in [5, 5.41) is 4.88. The van der Waals surface area contributed by atoms with Gasteiger partial charge in [-0.05, 0) is 42.1 Å². The number of anilines is 1. The number of carbonyl (C=O) groups excluding carboxylic acids is 2. The molecule has 12 heteroatoms.